The van der Waals surface area contributed by atoms with Crippen LogP contribution in [0.1, 0.15) is 11.1 Å². The molecule has 1 aromatic carbocycles. The Morgan fingerprint density at radius 1 is 1.06 bits per heavy atom. The zero-order valence-corrected chi connectivity index (χ0v) is 16.9. The minimum absolute atomic E-state index is 0.0923. The zero-order valence-electron chi connectivity index (χ0n) is 15.4. The monoisotopic (exact) mass is 465 g/mol. The van der Waals surface area contributed by atoms with E-state index in [0.717, 1.165) is 34.1 Å². The van der Waals surface area contributed by atoms with Crippen LogP contribution >= 0.6 is 23.4 Å². The van der Waals surface area contributed by atoms with E-state index in [1.807, 2.05) is 30.3 Å². The SMILES string of the molecule is O=c1c(Cl)c(Sc2nnnn2Cc2ccccc2)cnn1-c1ccc(C(F)(F)F)cn1. The van der Waals surface area contributed by atoms with Crippen molar-refractivity contribution in [2.24, 2.45) is 0 Å². The number of benzene rings is 1. The van der Waals surface area contributed by atoms with Gasteiger partial charge in [-0.1, -0.05) is 41.9 Å². The Morgan fingerprint density at radius 2 is 1.84 bits per heavy atom. The predicted octanol–water partition coefficient (Wildman–Crippen LogP) is 3.49. The van der Waals surface area contributed by atoms with Gasteiger partial charge in [-0.25, -0.2) is 9.67 Å². The van der Waals surface area contributed by atoms with Gasteiger partial charge in [0.25, 0.3) is 5.56 Å². The van der Waals surface area contributed by atoms with Crippen molar-refractivity contribution in [2.75, 3.05) is 0 Å². The Bertz CT molecular complexity index is 1260. The number of aromatic nitrogens is 7. The molecule has 4 aromatic rings. The van der Waals surface area contributed by atoms with Crippen LogP contribution in [0, 0.1) is 0 Å². The van der Waals surface area contributed by atoms with Gasteiger partial charge in [0.2, 0.25) is 5.16 Å². The van der Waals surface area contributed by atoms with E-state index in [1.54, 1.807) is 4.68 Å². The van der Waals surface area contributed by atoms with Crippen molar-refractivity contribution in [3.8, 4) is 5.82 Å². The van der Waals surface area contributed by atoms with Crippen LogP contribution in [0.2, 0.25) is 5.02 Å². The second kappa shape index (κ2) is 8.47. The van der Waals surface area contributed by atoms with Crippen molar-refractivity contribution in [3.63, 3.8) is 0 Å². The van der Waals surface area contributed by atoms with Crippen LogP contribution in [-0.4, -0.2) is 35.0 Å². The maximum Gasteiger partial charge on any atom is 0.417 e. The Balaban J connectivity index is 1.59. The number of hydrogen-bond donors (Lipinski definition) is 0. The van der Waals surface area contributed by atoms with Gasteiger partial charge in [-0.05, 0) is 39.9 Å². The van der Waals surface area contributed by atoms with Crippen LogP contribution < -0.4 is 5.56 Å². The van der Waals surface area contributed by atoms with Gasteiger partial charge in [0.15, 0.2) is 5.82 Å². The topological polar surface area (TPSA) is 91.4 Å². The van der Waals surface area contributed by atoms with Crippen LogP contribution in [0.5, 0.6) is 0 Å². The lowest BCUT2D eigenvalue weighted by Crippen LogP contribution is -2.23. The number of nitrogens with zero attached hydrogens (tertiary/aromatic N) is 7. The molecule has 4 rings (SSSR count). The van der Waals surface area contributed by atoms with Gasteiger partial charge in [-0.3, -0.25) is 4.79 Å². The molecule has 0 amide bonds. The van der Waals surface area contributed by atoms with Crippen LogP contribution in [0.15, 0.2) is 69.7 Å². The first-order valence-corrected chi connectivity index (χ1v) is 9.82. The summed E-state index contributed by atoms with van der Waals surface area (Å²) in [6.07, 6.45) is -2.61. The summed E-state index contributed by atoms with van der Waals surface area (Å²) >= 11 is 7.24. The van der Waals surface area contributed by atoms with Crippen molar-refractivity contribution >= 4 is 23.4 Å². The summed E-state index contributed by atoms with van der Waals surface area (Å²) in [4.78, 5) is 16.6. The molecule has 158 valence electrons. The number of pyridine rings is 1. The van der Waals surface area contributed by atoms with Crippen LogP contribution in [-0.2, 0) is 12.7 Å². The smallest absolute Gasteiger partial charge is 0.266 e. The van der Waals surface area contributed by atoms with Gasteiger partial charge in [0.1, 0.15) is 5.02 Å². The minimum atomic E-state index is -4.54. The molecular formula is C18H11ClF3N7OS. The lowest BCUT2D eigenvalue weighted by atomic mass is 10.2. The van der Waals surface area contributed by atoms with E-state index >= 15 is 0 Å². The number of halogens is 4. The first-order chi connectivity index (χ1) is 14.8. The fourth-order valence-electron chi connectivity index (χ4n) is 2.55. The third-order valence-electron chi connectivity index (χ3n) is 4.05. The molecule has 0 aliphatic rings. The van der Waals surface area contributed by atoms with Crippen LogP contribution in [0.4, 0.5) is 13.2 Å². The summed E-state index contributed by atoms with van der Waals surface area (Å²) in [6, 6.07) is 11.4. The average Bonchev–Trinajstić information content (AvgIpc) is 3.18. The summed E-state index contributed by atoms with van der Waals surface area (Å²) < 4.78 is 40.5. The normalized spacial score (nSPS) is 11.6. The second-order valence-electron chi connectivity index (χ2n) is 6.15. The molecule has 0 saturated carbocycles. The van der Waals surface area contributed by atoms with Gasteiger partial charge in [-0.15, -0.1) is 5.10 Å². The number of rotatable bonds is 5. The standard InChI is InChI=1S/C18H11ClF3N7OS/c19-15-13(31-17-25-26-27-28(17)10-11-4-2-1-3-5-11)9-24-29(16(15)30)14-7-6-12(8-23-14)18(20,21)22/h1-9H,10H2. The zero-order chi connectivity index (χ0) is 22.0. The van der Waals surface area contributed by atoms with Crippen molar-refractivity contribution in [1.29, 1.82) is 0 Å². The van der Waals surface area contributed by atoms with E-state index in [4.69, 9.17) is 11.6 Å². The van der Waals surface area contributed by atoms with Crippen molar-refractivity contribution < 1.29 is 13.2 Å². The summed E-state index contributed by atoms with van der Waals surface area (Å²) in [7, 11) is 0. The number of tetrazole rings is 1. The third kappa shape index (κ3) is 4.59. The third-order valence-corrected chi connectivity index (χ3v) is 5.54. The number of alkyl halides is 3. The Kier molecular flexibility index (Phi) is 5.74. The molecule has 0 bridgehead atoms. The highest BCUT2D eigenvalue weighted by Gasteiger charge is 2.30. The van der Waals surface area contributed by atoms with Crippen LogP contribution in [0.3, 0.4) is 0 Å². The lowest BCUT2D eigenvalue weighted by Gasteiger charge is -2.09. The quantitative estimate of drug-likeness (QED) is 0.445. The summed E-state index contributed by atoms with van der Waals surface area (Å²) in [5.41, 5.74) is -0.696. The molecule has 0 spiro atoms. The molecule has 3 heterocycles. The maximum absolute atomic E-state index is 12.7. The molecule has 13 heteroatoms. The average molecular weight is 466 g/mol. The Hall–Kier alpha value is -3.25. The minimum Gasteiger partial charge on any atom is -0.266 e. The van der Waals surface area contributed by atoms with E-state index in [2.05, 4.69) is 25.6 Å². The van der Waals surface area contributed by atoms with E-state index < -0.39 is 17.3 Å². The highest BCUT2D eigenvalue weighted by molar-refractivity contribution is 7.99. The van der Waals surface area contributed by atoms with E-state index in [0.29, 0.717) is 22.8 Å². The molecule has 31 heavy (non-hydrogen) atoms. The maximum atomic E-state index is 12.7. The molecule has 0 radical (unpaired) electrons. The van der Waals surface area contributed by atoms with Crippen LogP contribution in [0.25, 0.3) is 5.82 Å². The van der Waals surface area contributed by atoms with Crippen molar-refractivity contribution in [2.45, 2.75) is 22.8 Å². The molecule has 8 nitrogen and oxygen atoms in total. The van der Waals surface area contributed by atoms with E-state index in [9.17, 15) is 18.0 Å². The van der Waals surface area contributed by atoms with Crippen molar-refractivity contribution in [3.05, 3.63) is 81.4 Å². The van der Waals surface area contributed by atoms with E-state index in [-0.39, 0.29) is 10.8 Å². The number of hydrogen-bond acceptors (Lipinski definition) is 7. The van der Waals surface area contributed by atoms with Gasteiger partial charge in [-0.2, -0.15) is 23.0 Å². The summed E-state index contributed by atoms with van der Waals surface area (Å²) in [6.45, 7) is 0.410. The molecule has 0 N–H and O–H groups in total. The molecule has 0 aliphatic heterocycles. The molecule has 0 atom stereocenters. The molecule has 0 unspecified atom stereocenters. The van der Waals surface area contributed by atoms with Gasteiger partial charge in [0, 0.05) is 6.20 Å². The largest absolute Gasteiger partial charge is 0.417 e. The fourth-order valence-corrected chi connectivity index (χ4v) is 3.56. The molecule has 0 aliphatic carbocycles. The first kappa shape index (κ1) is 21.0. The van der Waals surface area contributed by atoms with E-state index in [1.165, 1.54) is 6.20 Å². The van der Waals surface area contributed by atoms with Gasteiger partial charge >= 0.3 is 6.18 Å². The molecule has 3 aromatic heterocycles. The van der Waals surface area contributed by atoms with Gasteiger partial charge in [0.05, 0.1) is 23.2 Å². The Labute approximate surface area is 181 Å². The van der Waals surface area contributed by atoms with Crippen molar-refractivity contribution in [1.82, 2.24) is 35.0 Å². The Morgan fingerprint density at radius 3 is 2.52 bits per heavy atom. The highest BCUT2D eigenvalue weighted by Crippen LogP contribution is 2.30. The first-order valence-electron chi connectivity index (χ1n) is 8.62. The molecular weight excluding hydrogens is 455 g/mol. The predicted molar refractivity (Wildman–Crippen MR) is 105 cm³/mol. The second-order valence-corrected chi connectivity index (χ2v) is 7.54. The highest BCUT2D eigenvalue weighted by atomic mass is 35.5. The molecule has 0 saturated heterocycles. The summed E-state index contributed by atoms with van der Waals surface area (Å²) in [5.74, 6) is -0.0923. The lowest BCUT2D eigenvalue weighted by molar-refractivity contribution is -0.137. The fraction of sp³-hybridized carbons (Fsp3) is 0.111. The van der Waals surface area contributed by atoms with Gasteiger partial charge < -0.3 is 0 Å². The summed E-state index contributed by atoms with van der Waals surface area (Å²) in [5, 5.41) is 15.7. The molecule has 0 fully saturated rings.